The van der Waals surface area contributed by atoms with Crippen molar-refractivity contribution in [3.63, 3.8) is 0 Å². The normalized spacial score (nSPS) is 18.1. The Hall–Kier alpha value is -1.51. The first-order valence-electron chi connectivity index (χ1n) is 6.78. The van der Waals surface area contributed by atoms with E-state index in [2.05, 4.69) is 15.3 Å². The standard InChI is InChI=1S/C12H21N5O3/c1-9-12(17(19)20)10(2)16(14-9)8-11(18)7-15-5-3-13-4-6-15/h11,13,18H,3-8H2,1-2H3. The van der Waals surface area contributed by atoms with Crippen LogP contribution in [-0.2, 0) is 6.54 Å². The number of hydrogen-bond acceptors (Lipinski definition) is 6. The molecule has 8 heteroatoms. The first-order chi connectivity index (χ1) is 9.49. The lowest BCUT2D eigenvalue weighted by Crippen LogP contribution is -2.47. The Kier molecular flexibility index (Phi) is 4.69. The van der Waals surface area contributed by atoms with Gasteiger partial charge in [-0.2, -0.15) is 5.10 Å². The summed E-state index contributed by atoms with van der Waals surface area (Å²) >= 11 is 0. The lowest BCUT2D eigenvalue weighted by atomic mass is 10.2. The van der Waals surface area contributed by atoms with Crippen molar-refractivity contribution in [2.75, 3.05) is 32.7 Å². The van der Waals surface area contributed by atoms with Crippen LogP contribution in [0.25, 0.3) is 0 Å². The van der Waals surface area contributed by atoms with Gasteiger partial charge in [-0.25, -0.2) is 0 Å². The fraction of sp³-hybridized carbons (Fsp3) is 0.750. The van der Waals surface area contributed by atoms with Crippen LogP contribution in [0, 0.1) is 24.0 Å². The van der Waals surface area contributed by atoms with Crippen LogP contribution in [0.15, 0.2) is 0 Å². The van der Waals surface area contributed by atoms with Gasteiger partial charge >= 0.3 is 5.69 Å². The highest BCUT2D eigenvalue weighted by Gasteiger charge is 2.23. The van der Waals surface area contributed by atoms with Gasteiger partial charge in [-0.15, -0.1) is 0 Å². The molecule has 8 nitrogen and oxygen atoms in total. The highest BCUT2D eigenvalue weighted by atomic mass is 16.6. The first-order valence-corrected chi connectivity index (χ1v) is 6.78. The predicted octanol–water partition coefficient (Wildman–Crippen LogP) is -0.326. The minimum atomic E-state index is -0.578. The number of piperazine rings is 1. The van der Waals surface area contributed by atoms with Crippen LogP contribution in [0.4, 0.5) is 5.69 Å². The van der Waals surface area contributed by atoms with E-state index in [1.165, 1.54) is 4.68 Å². The summed E-state index contributed by atoms with van der Waals surface area (Å²) in [5.41, 5.74) is 0.924. The van der Waals surface area contributed by atoms with Gasteiger partial charge in [-0.1, -0.05) is 0 Å². The van der Waals surface area contributed by atoms with E-state index in [1.807, 2.05) is 0 Å². The molecule has 20 heavy (non-hydrogen) atoms. The molecule has 1 aromatic rings. The van der Waals surface area contributed by atoms with Crippen LogP contribution in [0.2, 0.25) is 0 Å². The Morgan fingerprint density at radius 3 is 2.60 bits per heavy atom. The molecule has 1 atom stereocenters. The lowest BCUT2D eigenvalue weighted by Gasteiger charge is -2.29. The molecule has 0 aliphatic carbocycles. The lowest BCUT2D eigenvalue weighted by molar-refractivity contribution is -0.386. The van der Waals surface area contributed by atoms with E-state index in [4.69, 9.17) is 0 Å². The molecule has 2 N–H and O–H groups in total. The summed E-state index contributed by atoms with van der Waals surface area (Å²) in [5, 5.41) is 28.5. The van der Waals surface area contributed by atoms with Crippen molar-refractivity contribution >= 4 is 5.69 Å². The number of nitrogens with one attached hydrogen (secondary N) is 1. The third-order valence-corrected chi connectivity index (χ3v) is 3.59. The van der Waals surface area contributed by atoms with E-state index in [9.17, 15) is 15.2 Å². The van der Waals surface area contributed by atoms with Gasteiger partial charge in [-0.05, 0) is 13.8 Å². The van der Waals surface area contributed by atoms with Crippen LogP contribution in [0.5, 0.6) is 0 Å². The van der Waals surface area contributed by atoms with Crippen molar-refractivity contribution in [3.8, 4) is 0 Å². The fourth-order valence-electron chi connectivity index (χ4n) is 2.58. The van der Waals surface area contributed by atoms with Gasteiger partial charge in [0.1, 0.15) is 11.4 Å². The van der Waals surface area contributed by atoms with Crippen molar-refractivity contribution in [2.45, 2.75) is 26.5 Å². The minimum Gasteiger partial charge on any atom is -0.390 e. The van der Waals surface area contributed by atoms with E-state index in [0.717, 1.165) is 26.2 Å². The summed E-state index contributed by atoms with van der Waals surface area (Å²) < 4.78 is 1.53. The molecule has 1 aliphatic heterocycles. The van der Waals surface area contributed by atoms with E-state index >= 15 is 0 Å². The van der Waals surface area contributed by atoms with Gasteiger partial charge in [0.25, 0.3) is 0 Å². The molecule has 0 spiro atoms. The third kappa shape index (κ3) is 3.33. The summed E-state index contributed by atoms with van der Waals surface area (Å²) in [6.45, 7) is 7.80. The molecule has 1 fully saturated rings. The number of aliphatic hydroxyl groups excluding tert-OH is 1. The Morgan fingerprint density at radius 2 is 2.05 bits per heavy atom. The second-order valence-corrected chi connectivity index (χ2v) is 5.16. The third-order valence-electron chi connectivity index (χ3n) is 3.59. The topological polar surface area (TPSA) is 96.5 Å². The van der Waals surface area contributed by atoms with Crippen molar-refractivity contribution in [3.05, 3.63) is 21.5 Å². The number of nitro groups is 1. The van der Waals surface area contributed by atoms with Crippen LogP contribution in [0.3, 0.4) is 0 Å². The Bertz CT molecular complexity index is 482. The van der Waals surface area contributed by atoms with Crippen molar-refractivity contribution in [1.82, 2.24) is 20.0 Å². The molecule has 2 heterocycles. The summed E-state index contributed by atoms with van der Waals surface area (Å²) in [5.74, 6) is 0. The molecule has 1 aliphatic rings. The number of rotatable bonds is 5. The molecule has 0 radical (unpaired) electrons. The molecular formula is C12H21N5O3. The Labute approximate surface area is 117 Å². The maximum atomic E-state index is 10.9. The average molecular weight is 283 g/mol. The van der Waals surface area contributed by atoms with Crippen LogP contribution in [0.1, 0.15) is 11.4 Å². The van der Waals surface area contributed by atoms with Crippen molar-refractivity contribution < 1.29 is 10.0 Å². The zero-order valence-electron chi connectivity index (χ0n) is 11.9. The number of β-amino-alcohol motifs (C(OH)–C–C–N with tert-alkyl or cyclic N) is 1. The average Bonchev–Trinajstić information content (AvgIpc) is 2.65. The quantitative estimate of drug-likeness (QED) is 0.567. The highest BCUT2D eigenvalue weighted by molar-refractivity contribution is 5.39. The van der Waals surface area contributed by atoms with Crippen molar-refractivity contribution in [2.24, 2.45) is 0 Å². The first kappa shape index (κ1) is 14.9. The molecule has 0 amide bonds. The molecule has 1 unspecified atom stereocenters. The molecule has 2 rings (SSSR count). The number of aryl methyl sites for hydroxylation is 1. The largest absolute Gasteiger partial charge is 0.390 e. The van der Waals surface area contributed by atoms with Crippen LogP contribution < -0.4 is 5.32 Å². The van der Waals surface area contributed by atoms with Gasteiger partial charge < -0.3 is 10.4 Å². The maximum Gasteiger partial charge on any atom is 0.312 e. The molecule has 1 saturated heterocycles. The van der Waals surface area contributed by atoms with E-state index < -0.39 is 11.0 Å². The van der Waals surface area contributed by atoms with Gasteiger partial charge in [0.15, 0.2) is 0 Å². The van der Waals surface area contributed by atoms with E-state index in [1.54, 1.807) is 13.8 Å². The zero-order valence-corrected chi connectivity index (χ0v) is 11.9. The predicted molar refractivity (Wildman–Crippen MR) is 73.7 cm³/mol. The summed E-state index contributed by atoms with van der Waals surface area (Å²) in [4.78, 5) is 12.7. The SMILES string of the molecule is Cc1nn(CC(O)CN2CCNCC2)c(C)c1[N+](=O)[O-]. The summed E-state index contributed by atoms with van der Waals surface area (Å²) in [6, 6.07) is 0. The number of hydrogen-bond donors (Lipinski definition) is 2. The minimum absolute atomic E-state index is 0.0411. The molecule has 112 valence electrons. The Morgan fingerprint density at radius 1 is 1.40 bits per heavy atom. The second-order valence-electron chi connectivity index (χ2n) is 5.16. The monoisotopic (exact) mass is 283 g/mol. The molecule has 0 saturated carbocycles. The number of nitrogens with zero attached hydrogens (tertiary/aromatic N) is 4. The van der Waals surface area contributed by atoms with E-state index in [0.29, 0.717) is 17.9 Å². The second kappa shape index (κ2) is 6.29. The Balaban J connectivity index is 1.98. The number of aromatic nitrogens is 2. The maximum absolute atomic E-state index is 10.9. The zero-order chi connectivity index (χ0) is 14.7. The summed E-state index contributed by atoms with van der Waals surface area (Å²) in [6.07, 6.45) is -0.578. The van der Waals surface area contributed by atoms with Gasteiger partial charge in [-0.3, -0.25) is 19.7 Å². The van der Waals surface area contributed by atoms with Crippen LogP contribution >= 0.6 is 0 Å². The fourth-order valence-corrected chi connectivity index (χ4v) is 2.58. The molecule has 0 bridgehead atoms. The van der Waals surface area contributed by atoms with Crippen molar-refractivity contribution in [1.29, 1.82) is 0 Å². The van der Waals surface area contributed by atoms with Gasteiger partial charge in [0, 0.05) is 32.7 Å². The highest BCUT2D eigenvalue weighted by Crippen LogP contribution is 2.21. The molecule has 1 aromatic heterocycles. The van der Waals surface area contributed by atoms with Crippen LogP contribution in [-0.4, -0.2) is 63.5 Å². The molecule has 0 aromatic carbocycles. The van der Waals surface area contributed by atoms with Gasteiger partial charge in [0.05, 0.1) is 17.6 Å². The summed E-state index contributed by atoms with van der Waals surface area (Å²) in [7, 11) is 0. The molecular weight excluding hydrogens is 262 g/mol. The van der Waals surface area contributed by atoms with E-state index in [-0.39, 0.29) is 12.2 Å². The smallest absolute Gasteiger partial charge is 0.312 e. The van der Waals surface area contributed by atoms with Gasteiger partial charge in [0.2, 0.25) is 0 Å². The number of aliphatic hydroxyl groups is 1.